The van der Waals surface area contributed by atoms with E-state index in [9.17, 15) is 5.11 Å². The Labute approximate surface area is 125 Å². The molecule has 20 heavy (non-hydrogen) atoms. The second kappa shape index (κ2) is 5.65. The number of halogens is 1. The molecule has 0 unspecified atom stereocenters. The highest BCUT2D eigenvalue weighted by atomic mass is 79.9. The molecule has 0 aliphatic carbocycles. The number of imidazole rings is 1. The maximum atomic E-state index is 9.28. The molecule has 6 heteroatoms. The number of hydrogen-bond donors (Lipinski definition) is 1. The second-order valence-electron chi connectivity index (χ2n) is 4.73. The van der Waals surface area contributed by atoms with Crippen LogP contribution in [0.25, 0.3) is 0 Å². The van der Waals surface area contributed by atoms with Crippen LogP contribution in [0.5, 0.6) is 0 Å². The lowest BCUT2D eigenvalue weighted by molar-refractivity contribution is -0.190. The number of aliphatic hydroxyl groups excluding tert-OH is 1. The summed E-state index contributed by atoms with van der Waals surface area (Å²) in [6, 6.07) is 7.81. The summed E-state index contributed by atoms with van der Waals surface area (Å²) in [5.74, 6) is -0.880. The fraction of sp³-hybridized carbons (Fsp3) is 0.357. The van der Waals surface area contributed by atoms with Crippen LogP contribution >= 0.6 is 15.9 Å². The molecule has 2 heterocycles. The molecule has 2 atom stereocenters. The van der Waals surface area contributed by atoms with Crippen LogP contribution in [0.3, 0.4) is 0 Å². The van der Waals surface area contributed by atoms with Gasteiger partial charge in [-0.05, 0) is 12.1 Å². The number of benzene rings is 1. The molecule has 106 valence electrons. The minimum absolute atomic E-state index is 0.0534. The molecule has 5 nitrogen and oxygen atoms in total. The maximum Gasteiger partial charge on any atom is 0.214 e. The molecule has 1 aromatic heterocycles. The fourth-order valence-electron chi connectivity index (χ4n) is 2.30. The Morgan fingerprint density at radius 2 is 2.20 bits per heavy atom. The van der Waals surface area contributed by atoms with E-state index in [-0.39, 0.29) is 12.7 Å². The summed E-state index contributed by atoms with van der Waals surface area (Å²) in [5.41, 5.74) is 0.922. The van der Waals surface area contributed by atoms with E-state index in [1.165, 1.54) is 0 Å². The van der Waals surface area contributed by atoms with E-state index in [1.807, 2.05) is 35.0 Å². The van der Waals surface area contributed by atoms with Crippen molar-refractivity contribution < 1.29 is 14.6 Å². The van der Waals surface area contributed by atoms with Gasteiger partial charge in [0.25, 0.3) is 0 Å². The molecule has 0 amide bonds. The Morgan fingerprint density at radius 1 is 1.40 bits per heavy atom. The van der Waals surface area contributed by atoms with Crippen LogP contribution in [0.1, 0.15) is 5.56 Å². The first kappa shape index (κ1) is 13.8. The number of aliphatic hydroxyl groups is 1. The molecule has 1 aromatic carbocycles. The largest absolute Gasteiger partial charge is 0.394 e. The van der Waals surface area contributed by atoms with Gasteiger partial charge >= 0.3 is 0 Å². The summed E-state index contributed by atoms with van der Waals surface area (Å²) in [6.45, 7) is 0.814. The smallest absolute Gasteiger partial charge is 0.214 e. The summed E-state index contributed by atoms with van der Waals surface area (Å²) in [4.78, 5) is 4.04. The van der Waals surface area contributed by atoms with Crippen LogP contribution in [-0.2, 0) is 21.8 Å². The van der Waals surface area contributed by atoms with Gasteiger partial charge in [0, 0.05) is 22.4 Å². The summed E-state index contributed by atoms with van der Waals surface area (Å²) in [6.07, 6.45) is 5.00. The van der Waals surface area contributed by atoms with Crippen molar-refractivity contribution in [1.29, 1.82) is 0 Å². The Hall–Kier alpha value is -1.21. The van der Waals surface area contributed by atoms with E-state index in [0.29, 0.717) is 13.2 Å². The zero-order valence-corrected chi connectivity index (χ0v) is 12.4. The van der Waals surface area contributed by atoms with Crippen LogP contribution in [-0.4, -0.2) is 34.0 Å². The Kier molecular flexibility index (Phi) is 3.89. The van der Waals surface area contributed by atoms with Crippen molar-refractivity contribution in [2.75, 3.05) is 13.2 Å². The number of rotatable bonds is 4. The Balaban J connectivity index is 1.93. The van der Waals surface area contributed by atoms with E-state index < -0.39 is 5.79 Å². The van der Waals surface area contributed by atoms with Crippen molar-refractivity contribution in [1.82, 2.24) is 9.55 Å². The number of aromatic nitrogens is 2. The molecular formula is C14H15BrN2O3. The quantitative estimate of drug-likeness (QED) is 0.925. The van der Waals surface area contributed by atoms with Gasteiger partial charge in [-0.2, -0.15) is 0 Å². The molecule has 0 radical (unpaired) electrons. The molecule has 0 bridgehead atoms. The molecule has 1 saturated heterocycles. The maximum absolute atomic E-state index is 9.28. The van der Waals surface area contributed by atoms with Gasteiger partial charge in [-0.1, -0.05) is 28.1 Å². The summed E-state index contributed by atoms with van der Waals surface area (Å²) in [7, 11) is 0. The molecule has 1 fully saturated rings. The van der Waals surface area contributed by atoms with Crippen molar-refractivity contribution in [2.45, 2.75) is 18.4 Å². The molecule has 1 aliphatic heterocycles. The minimum Gasteiger partial charge on any atom is -0.394 e. The predicted octanol–water partition coefficient (Wildman–Crippen LogP) is 1.91. The standard InChI is InChI=1S/C14H15BrN2O3/c15-12-3-1-11(2-4-12)14(9-17-6-5-16-10-17)19-8-13(7-18)20-14/h1-6,10,13,18H,7-9H2/t13-,14+/m1/s1. The van der Waals surface area contributed by atoms with Gasteiger partial charge < -0.3 is 19.1 Å². The molecule has 3 rings (SSSR count). The average molecular weight is 339 g/mol. The van der Waals surface area contributed by atoms with Gasteiger partial charge in [-0.3, -0.25) is 0 Å². The first-order chi connectivity index (χ1) is 9.72. The highest BCUT2D eigenvalue weighted by molar-refractivity contribution is 9.10. The van der Waals surface area contributed by atoms with Crippen molar-refractivity contribution in [3.05, 3.63) is 53.0 Å². The van der Waals surface area contributed by atoms with Crippen molar-refractivity contribution >= 4 is 15.9 Å². The lowest BCUT2D eigenvalue weighted by Gasteiger charge is -2.29. The van der Waals surface area contributed by atoms with Crippen molar-refractivity contribution in [3.63, 3.8) is 0 Å². The molecular weight excluding hydrogens is 324 g/mol. The summed E-state index contributed by atoms with van der Waals surface area (Å²) >= 11 is 3.42. The Morgan fingerprint density at radius 3 is 2.80 bits per heavy atom. The number of hydrogen-bond acceptors (Lipinski definition) is 4. The van der Waals surface area contributed by atoms with E-state index in [4.69, 9.17) is 9.47 Å². The van der Waals surface area contributed by atoms with E-state index in [2.05, 4.69) is 20.9 Å². The lowest BCUT2D eigenvalue weighted by Crippen LogP contribution is -2.33. The fourth-order valence-corrected chi connectivity index (χ4v) is 2.57. The first-order valence-electron chi connectivity index (χ1n) is 6.36. The lowest BCUT2D eigenvalue weighted by atomic mass is 10.1. The van der Waals surface area contributed by atoms with Gasteiger partial charge in [-0.25, -0.2) is 4.98 Å². The van der Waals surface area contributed by atoms with E-state index >= 15 is 0 Å². The number of nitrogens with zero attached hydrogens (tertiary/aromatic N) is 2. The molecule has 2 aromatic rings. The van der Waals surface area contributed by atoms with Crippen molar-refractivity contribution in [3.8, 4) is 0 Å². The topological polar surface area (TPSA) is 56.5 Å². The minimum atomic E-state index is -0.880. The third-order valence-corrected chi connectivity index (χ3v) is 3.83. The van der Waals surface area contributed by atoms with Gasteiger partial charge in [0.1, 0.15) is 6.10 Å². The zero-order chi connectivity index (χ0) is 14.0. The average Bonchev–Trinajstić information content (AvgIpc) is 3.10. The third-order valence-electron chi connectivity index (χ3n) is 3.30. The molecule has 0 spiro atoms. The summed E-state index contributed by atoms with van der Waals surface area (Å²) < 4.78 is 14.8. The molecule has 0 saturated carbocycles. The Bertz CT molecular complexity index is 558. The SMILES string of the molecule is OC[C@@H]1CO[C@](Cn2ccnc2)(c2ccc(Br)cc2)O1. The van der Waals surface area contributed by atoms with Gasteiger partial charge in [0.05, 0.1) is 26.1 Å². The van der Waals surface area contributed by atoms with Gasteiger partial charge in [-0.15, -0.1) is 0 Å². The second-order valence-corrected chi connectivity index (χ2v) is 5.64. The number of ether oxygens (including phenoxy) is 2. The van der Waals surface area contributed by atoms with Gasteiger partial charge in [0.15, 0.2) is 0 Å². The predicted molar refractivity (Wildman–Crippen MR) is 76.0 cm³/mol. The van der Waals surface area contributed by atoms with Crippen LogP contribution < -0.4 is 0 Å². The zero-order valence-electron chi connectivity index (χ0n) is 10.8. The summed E-state index contributed by atoms with van der Waals surface area (Å²) in [5, 5.41) is 9.28. The van der Waals surface area contributed by atoms with E-state index in [1.54, 1.807) is 12.5 Å². The first-order valence-corrected chi connectivity index (χ1v) is 7.15. The van der Waals surface area contributed by atoms with Crippen LogP contribution in [0.4, 0.5) is 0 Å². The normalized spacial score (nSPS) is 26.0. The van der Waals surface area contributed by atoms with Gasteiger partial charge in [0.2, 0.25) is 5.79 Å². The van der Waals surface area contributed by atoms with Crippen LogP contribution in [0, 0.1) is 0 Å². The highest BCUT2D eigenvalue weighted by Gasteiger charge is 2.43. The van der Waals surface area contributed by atoms with E-state index in [0.717, 1.165) is 10.0 Å². The monoisotopic (exact) mass is 338 g/mol. The third kappa shape index (κ3) is 2.64. The molecule has 1 N–H and O–H groups in total. The molecule has 1 aliphatic rings. The van der Waals surface area contributed by atoms with Crippen LogP contribution in [0.15, 0.2) is 47.5 Å². The van der Waals surface area contributed by atoms with Crippen molar-refractivity contribution in [2.24, 2.45) is 0 Å². The highest BCUT2D eigenvalue weighted by Crippen LogP contribution is 2.36. The van der Waals surface area contributed by atoms with Crippen LogP contribution in [0.2, 0.25) is 0 Å².